The molecule has 0 bridgehead atoms. The molecule has 0 spiro atoms. The van der Waals surface area contributed by atoms with Gasteiger partial charge in [0.1, 0.15) is 0 Å². The van der Waals surface area contributed by atoms with Gasteiger partial charge >= 0.3 is 6.09 Å². The van der Waals surface area contributed by atoms with E-state index in [0.717, 1.165) is 16.7 Å². The predicted octanol–water partition coefficient (Wildman–Crippen LogP) is 4.27. The maximum atomic E-state index is 11.8. The number of hydrogen-bond acceptors (Lipinski definition) is 2. The highest BCUT2D eigenvalue weighted by Gasteiger charge is 2.38. The third-order valence-corrected chi connectivity index (χ3v) is 4.05. The van der Waals surface area contributed by atoms with E-state index in [0.29, 0.717) is 6.42 Å². The molecule has 0 atom stereocenters. The lowest BCUT2D eigenvalue weighted by atomic mass is 9.81. The Kier molecular flexibility index (Phi) is 4.62. The molecule has 120 valence electrons. The fourth-order valence-corrected chi connectivity index (χ4v) is 2.99. The van der Waals surface area contributed by atoms with Crippen LogP contribution < -0.4 is 5.73 Å². The van der Waals surface area contributed by atoms with Crippen molar-refractivity contribution in [2.24, 2.45) is 5.73 Å². The van der Waals surface area contributed by atoms with Crippen molar-refractivity contribution in [3.05, 3.63) is 108 Å². The summed E-state index contributed by atoms with van der Waals surface area (Å²) in [6, 6.07) is 29.4. The molecular weight excluding hydrogens is 298 g/mol. The molecule has 0 fully saturated rings. The zero-order valence-electron chi connectivity index (χ0n) is 13.3. The minimum absolute atomic E-state index is 0.505. The molecule has 0 radical (unpaired) electrons. The second-order valence-electron chi connectivity index (χ2n) is 5.64. The number of rotatable bonds is 5. The molecule has 3 heteroatoms. The van der Waals surface area contributed by atoms with Gasteiger partial charge in [-0.05, 0) is 5.56 Å². The minimum Gasteiger partial charge on any atom is -0.433 e. The summed E-state index contributed by atoms with van der Waals surface area (Å²) in [7, 11) is 0. The monoisotopic (exact) mass is 317 g/mol. The van der Waals surface area contributed by atoms with Crippen LogP contribution in [0.5, 0.6) is 0 Å². The van der Waals surface area contributed by atoms with Crippen LogP contribution in [0.1, 0.15) is 16.7 Å². The molecule has 0 saturated carbocycles. The van der Waals surface area contributed by atoms with Crippen LogP contribution in [0.2, 0.25) is 0 Å². The van der Waals surface area contributed by atoms with E-state index in [1.54, 1.807) is 0 Å². The van der Waals surface area contributed by atoms with E-state index in [1.807, 2.05) is 91.0 Å². The number of carbonyl (C=O) groups is 1. The highest BCUT2D eigenvalue weighted by Crippen LogP contribution is 2.37. The molecule has 0 aliphatic rings. The third-order valence-electron chi connectivity index (χ3n) is 4.05. The molecule has 0 unspecified atom stereocenters. The second kappa shape index (κ2) is 7.01. The predicted molar refractivity (Wildman–Crippen MR) is 94.5 cm³/mol. The first-order chi connectivity index (χ1) is 11.7. The molecule has 24 heavy (non-hydrogen) atoms. The van der Waals surface area contributed by atoms with E-state index < -0.39 is 11.7 Å². The van der Waals surface area contributed by atoms with E-state index in [-0.39, 0.29) is 0 Å². The third kappa shape index (κ3) is 3.30. The normalized spacial score (nSPS) is 11.0. The first-order valence-electron chi connectivity index (χ1n) is 7.84. The summed E-state index contributed by atoms with van der Waals surface area (Å²) in [5.41, 5.74) is 7.32. The van der Waals surface area contributed by atoms with E-state index in [1.165, 1.54) is 0 Å². The van der Waals surface area contributed by atoms with Crippen LogP contribution in [0, 0.1) is 0 Å². The van der Waals surface area contributed by atoms with Gasteiger partial charge in [-0.25, -0.2) is 4.79 Å². The lowest BCUT2D eigenvalue weighted by molar-refractivity contribution is 0.0454. The van der Waals surface area contributed by atoms with Gasteiger partial charge in [0.15, 0.2) is 5.60 Å². The van der Waals surface area contributed by atoms with Crippen molar-refractivity contribution in [3.8, 4) is 0 Å². The second-order valence-corrected chi connectivity index (χ2v) is 5.64. The van der Waals surface area contributed by atoms with Crippen LogP contribution in [-0.2, 0) is 16.8 Å². The average molecular weight is 317 g/mol. The lowest BCUT2D eigenvalue weighted by Crippen LogP contribution is -2.38. The fourth-order valence-electron chi connectivity index (χ4n) is 2.99. The SMILES string of the molecule is NC(=O)OC(Cc1ccccc1)(c1ccccc1)c1ccccc1. The Labute approximate surface area is 141 Å². The van der Waals surface area contributed by atoms with Gasteiger partial charge in [0.05, 0.1) is 0 Å². The van der Waals surface area contributed by atoms with Gasteiger partial charge in [-0.15, -0.1) is 0 Å². The molecular formula is C21H19NO2. The zero-order chi connectivity index (χ0) is 16.8. The molecule has 3 aromatic rings. The summed E-state index contributed by atoms with van der Waals surface area (Å²) in [5.74, 6) is 0. The van der Waals surface area contributed by atoms with E-state index in [9.17, 15) is 4.79 Å². The van der Waals surface area contributed by atoms with Crippen LogP contribution in [0.15, 0.2) is 91.0 Å². The number of amides is 1. The van der Waals surface area contributed by atoms with Crippen molar-refractivity contribution in [1.29, 1.82) is 0 Å². The molecule has 0 heterocycles. The van der Waals surface area contributed by atoms with Crippen LogP contribution in [0.25, 0.3) is 0 Å². The van der Waals surface area contributed by atoms with E-state index in [2.05, 4.69) is 0 Å². The molecule has 0 aliphatic carbocycles. The first kappa shape index (κ1) is 15.8. The van der Waals surface area contributed by atoms with Gasteiger partial charge < -0.3 is 10.5 Å². The molecule has 3 aromatic carbocycles. The summed E-state index contributed by atoms with van der Waals surface area (Å²) in [5, 5.41) is 0. The van der Waals surface area contributed by atoms with Crippen molar-refractivity contribution in [1.82, 2.24) is 0 Å². The Morgan fingerprint density at radius 2 is 1.17 bits per heavy atom. The molecule has 3 rings (SSSR count). The van der Waals surface area contributed by atoms with Gasteiger partial charge in [-0.1, -0.05) is 91.0 Å². The standard InChI is InChI=1S/C21H19NO2/c22-20(23)24-21(18-12-6-2-7-13-18,19-14-8-3-9-15-19)16-17-10-4-1-5-11-17/h1-15H,16H2,(H2,22,23). The lowest BCUT2D eigenvalue weighted by Gasteiger charge is -2.34. The largest absolute Gasteiger partial charge is 0.433 e. The molecule has 0 aliphatic heterocycles. The number of nitrogens with two attached hydrogens (primary N) is 1. The zero-order valence-corrected chi connectivity index (χ0v) is 13.3. The molecule has 2 N–H and O–H groups in total. The number of benzene rings is 3. The van der Waals surface area contributed by atoms with Gasteiger partial charge in [0, 0.05) is 17.5 Å². The number of ether oxygens (including phenoxy) is 1. The van der Waals surface area contributed by atoms with E-state index >= 15 is 0 Å². The van der Waals surface area contributed by atoms with Crippen molar-refractivity contribution in [2.45, 2.75) is 12.0 Å². The topological polar surface area (TPSA) is 52.3 Å². The van der Waals surface area contributed by atoms with Crippen LogP contribution in [0.4, 0.5) is 4.79 Å². The Morgan fingerprint density at radius 3 is 1.58 bits per heavy atom. The van der Waals surface area contributed by atoms with Crippen LogP contribution >= 0.6 is 0 Å². The summed E-state index contributed by atoms with van der Waals surface area (Å²) in [6.07, 6.45) is -0.288. The van der Waals surface area contributed by atoms with Crippen LogP contribution in [-0.4, -0.2) is 6.09 Å². The highest BCUT2D eigenvalue weighted by atomic mass is 16.6. The molecule has 0 saturated heterocycles. The average Bonchev–Trinajstić information content (AvgIpc) is 2.63. The Bertz CT molecular complexity index is 746. The number of carbonyl (C=O) groups excluding carboxylic acids is 1. The van der Waals surface area contributed by atoms with Crippen LogP contribution in [0.3, 0.4) is 0 Å². The smallest absolute Gasteiger partial charge is 0.405 e. The maximum absolute atomic E-state index is 11.8. The highest BCUT2D eigenvalue weighted by molar-refractivity contribution is 5.66. The minimum atomic E-state index is -0.963. The first-order valence-corrected chi connectivity index (χ1v) is 7.84. The summed E-state index contributed by atoms with van der Waals surface area (Å²) in [4.78, 5) is 11.8. The quantitative estimate of drug-likeness (QED) is 0.764. The summed E-state index contributed by atoms with van der Waals surface area (Å²) < 4.78 is 5.75. The van der Waals surface area contributed by atoms with Crippen molar-refractivity contribution in [2.75, 3.05) is 0 Å². The van der Waals surface area contributed by atoms with Gasteiger partial charge in [-0.2, -0.15) is 0 Å². The van der Waals surface area contributed by atoms with Crippen molar-refractivity contribution in [3.63, 3.8) is 0 Å². The summed E-state index contributed by atoms with van der Waals surface area (Å²) >= 11 is 0. The Morgan fingerprint density at radius 1 is 0.750 bits per heavy atom. The Balaban J connectivity index is 2.18. The molecule has 1 amide bonds. The maximum Gasteiger partial charge on any atom is 0.405 e. The van der Waals surface area contributed by atoms with Crippen molar-refractivity contribution >= 4 is 6.09 Å². The number of primary amides is 1. The number of hydrogen-bond donors (Lipinski definition) is 1. The van der Waals surface area contributed by atoms with E-state index in [4.69, 9.17) is 10.5 Å². The molecule has 3 nitrogen and oxygen atoms in total. The van der Waals surface area contributed by atoms with Gasteiger partial charge in [-0.3, -0.25) is 0 Å². The van der Waals surface area contributed by atoms with Gasteiger partial charge in [0.25, 0.3) is 0 Å². The van der Waals surface area contributed by atoms with Gasteiger partial charge in [0.2, 0.25) is 0 Å². The fraction of sp³-hybridized carbons (Fsp3) is 0.0952. The Hall–Kier alpha value is -3.07. The van der Waals surface area contributed by atoms with Crippen molar-refractivity contribution < 1.29 is 9.53 Å². The summed E-state index contributed by atoms with van der Waals surface area (Å²) in [6.45, 7) is 0. The molecule has 0 aromatic heterocycles.